The van der Waals surface area contributed by atoms with Crippen LogP contribution < -0.4 is 10.2 Å². The van der Waals surface area contributed by atoms with E-state index in [4.69, 9.17) is 0 Å². The van der Waals surface area contributed by atoms with Crippen LogP contribution in [0.3, 0.4) is 0 Å². The van der Waals surface area contributed by atoms with Crippen molar-refractivity contribution in [2.24, 2.45) is 0 Å². The lowest BCUT2D eigenvalue weighted by Gasteiger charge is -2.35. The van der Waals surface area contributed by atoms with Gasteiger partial charge in [0, 0.05) is 36.8 Å². The Morgan fingerprint density at radius 1 is 1.04 bits per heavy atom. The molecule has 0 aromatic heterocycles. The predicted octanol–water partition coefficient (Wildman–Crippen LogP) is 4.09. The molecule has 1 N–H and O–H groups in total. The summed E-state index contributed by atoms with van der Waals surface area (Å²) >= 11 is 1.58. The summed E-state index contributed by atoms with van der Waals surface area (Å²) in [5.41, 5.74) is 2.08. The quantitative estimate of drug-likeness (QED) is 0.861. The van der Waals surface area contributed by atoms with Gasteiger partial charge in [0.1, 0.15) is 5.82 Å². The van der Waals surface area contributed by atoms with Gasteiger partial charge in [0.25, 0.3) is 0 Å². The lowest BCUT2D eigenvalue weighted by atomic mass is 10.2. The van der Waals surface area contributed by atoms with Gasteiger partial charge >= 0.3 is 0 Å². The van der Waals surface area contributed by atoms with Crippen LogP contribution in [0.5, 0.6) is 0 Å². The first-order valence-electron chi connectivity index (χ1n) is 9.40. The largest absolute Gasteiger partial charge is 0.369 e. The van der Waals surface area contributed by atoms with E-state index in [-0.39, 0.29) is 11.7 Å². The molecule has 0 saturated carbocycles. The third-order valence-electron chi connectivity index (χ3n) is 4.62. The van der Waals surface area contributed by atoms with Crippen LogP contribution in [0.15, 0.2) is 53.4 Å². The van der Waals surface area contributed by atoms with Crippen LogP contribution in [0.25, 0.3) is 0 Å². The van der Waals surface area contributed by atoms with Gasteiger partial charge in [0.2, 0.25) is 5.91 Å². The Morgan fingerprint density at radius 2 is 1.74 bits per heavy atom. The smallest absolute Gasteiger partial charge is 0.234 e. The van der Waals surface area contributed by atoms with Crippen molar-refractivity contribution in [1.29, 1.82) is 0 Å². The SMILES string of the molecule is CCCN1CCN(c2ccc(F)cc2)CC1.O=C1CSc2ccccc2N1. The van der Waals surface area contributed by atoms with E-state index in [2.05, 4.69) is 22.0 Å². The minimum atomic E-state index is -0.159. The van der Waals surface area contributed by atoms with Gasteiger partial charge in [-0.05, 0) is 49.4 Å². The number of piperazine rings is 1. The number of para-hydroxylation sites is 1. The zero-order valence-corrected chi connectivity index (χ0v) is 16.5. The minimum absolute atomic E-state index is 0.0914. The molecule has 6 heteroatoms. The number of nitrogens with zero attached hydrogens (tertiary/aromatic N) is 2. The summed E-state index contributed by atoms with van der Waals surface area (Å²) in [5.74, 6) is 0.471. The lowest BCUT2D eigenvalue weighted by molar-refractivity contribution is -0.113. The predicted molar refractivity (Wildman–Crippen MR) is 111 cm³/mol. The van der Waals surface area contributed by atoms with E-state index in [0.717, 1.165) is 42.4 Å². The van der Waals surface area contributed by atoms with Crippen LogP contribution in [0.4, 0.5) is 15.8 Å². The Balaban J connectivity index is 0.000000166. The van der Waals surface area contributed by atoms with Crippen molar-refractivity contribution in [1.82, 2.24) is 4.90 Å². The highest BCUT2D eigenvalue weighted by Gasteiger charge is 2.16. The Labute approximate surface area is 164 Å². The van der Waals surface area contributed by atoms with Gasteiger partial charge in [-0.2, -0.15) is 0 Å². The van der Waals surface area contributed by atoms with Gasteiger partial charge < -0.3 is 10.2 Å². The normalized spacial score (nSPS) is 16.8. The summed E-state index contributed by atoms with van der Waals surface area (Å²) in [6.07, 6.45) is 1.22. The van der Waals surface area contributed by atoms with E-state index >= 15 is 0 Å². The first kappa shape index (κ1) is 19.7. The van der Waals surface area contributed by atoms with Gasteiger partial charge in [-0.15, -0.1) is 11.8 Å². The van der Waals surface area contributed by atoms with Gasteiger partial charge in [0.15, 0.2) is 0 Å². The van der Waals surface area contributed by atoms with Crippen LogP contribution >= 0.6 is 11.8 Å². The van der Waals surface area contributed by atoms with E-state index < -0.39 is 0 Å². The molecule has 4 nitrogen and oxygen atoms in total. The van der Waals surface area contributed by atoms with E-state index in [0.29, 0.717) is 5.75 Å². The third kappa shape index (κ3) is 5.71. The maximum Gasteiger partial charge on any atom is 0.234 e. The molecule has 27 heavy (non-hydrogen) atoms. The number of anilines is 2. The molecule has 1 fully saturated rings. The first-order chi connectivity index (χ1) is 13.2. The van der Waals surface area contributed by atoms with Crippen LogP contribution in [0.2, 0.25) is 0 Å². The number of hydrogen-bond acceptors (Lipinski definition) is 4. The fourth-order valence-electron chi connectivity index (χ4n) is 3.22. The summed E-state index contributed by atoms with van der Waals surface area (Å²) in [4.78, 5) is 16.9. The average Bonchev–Trinajstić information content (AvgIpc) is 2.70. The zero-order valence-electron chi connectivity index (χ0n) is 15.7. The molecule has 2 heterocycles. The lowest BCUT2D eigenvalue weighted by Crippen LogP contribution is -2.46. The topological polar surface area (TPSA) is 35.6 Å². The summed E-state index contributed by atoms with van der Waals surface area (Å²) in [5, 5.41) is 2.80. The number of carbonyl (C=O) groups is 1. The van der Waals surface area contributed by atoms with E-state index in [1.807, 2.05) is 36.4 Å². The summed E-state index contributed by atoms with van der Waals surface area (Å²) in [6.45, 7) is 7.73. The van der Waals surface area contributed by atoms with E-state index in [1.54, 1.807) is 11.8 Å². The average molecular weight is 388 g/mol. The number of carbonyl (C=O) groups excluding carboxylic acids is 1. The van der Waals surface area contributed by atoms with Crippen molar-refractivity contribution in [2.75, 3.05) is 48.7 Å². The van der Waals surface area contributed by atoms with E-state index in [1.165, 1.54) is 25.1 Å². The number of rotatable bonds is 3. The number of benzene rings is 2. The van der Waals surface area contributed by atoms with Crippen molar-refractivity contribution >= 4 is 29.0 Å². The molecule has 0 aliphatic carbocycles. The molecular formula is C21H26FN3OS. The number of halogens is 1. The fourth-order valence-corrected chi connectivity index (χ4v) is 4.03. The highest BCUT2D eigenvalue weighted by Crippen LogP contribution is 2.30. The molecule has 2 aromatic carbocycles. The van der Waals surface area contributed by atoms with Crippen molar-refractivity contribution in [3.63, 3.8) is 0 Å². The van der Waals surface area contributed by atoms with Crippen molar-refractivity contribution in [3.05, 3.63) is 54.3 Å². The summed E-state index contributed by atoms with van der Waals surface area (Å²) < 4.78 is 12.8. The maximum atomic E-state index is 12.8. The highest BCUT2D eigenvalue weighted by atomic mass is 32.2. The van der Waals surface area contributed by atoms with Gasteiger partial charge in [-0.25, -0.2) is 4.39 Å². The molecular weight excluding hydrogens is 361 g/mol. The van der Waals surface area contributed by atoms with Gasteiger partial charge in [0.05, 0.1) is 11.4 Å². The van der Waals surface area contributed by atoms with Crippen LogP contribution in [-0.2, 0) is 4.79 Å². The summed E-state index contributed by atoms with van der Waals surface area (Å²) in [6, 6.07) is 14.6. The third-order valence-corrected chi connectivity index (χ3v) is 5.70. The Kier molecular flexibility index (Phi) is 7.12. The van der Waals surface area contributed by atoms with Crippen molar-refractivity contribution in [3.8, 4) is 0 Å². The van der Waals surface area contributed by atoms with Gasteiger partial charge in [-0.1, -0.05) is 19.1 Å². The second-order valence-corrected chi connectivity index (χ2v) is 7.66. The minimum Gasteiger partial charge on any atom is -0.369 e. The van der Waals surface area contributed by atoms with E-state index in [9.17, 15) is 9.18 Å². The van der Waals surface area contributed by atoms with Crippen molar-refractivity contribution in [2.45, 2.75) is 18.2 Å². The van der Waals surface area contributed by atoms with Gasteiger partial charge in [-0.3, -0.25) is 9.69 Å². The number of thioether (sulfide) groups is 1. The fraction of sp³-hybridized carbons (Fsp3) is 0.381. The second-order valence-electron chi connectivity index (χ2n) is 6.64. The molecule has 0 radical (unpaired) electrons. The maximum absolute atomic E-state index is 12.8. The molecule has 1 saturated heterocycles. The van der Waals surface area contributed by atoms with Crippen LogP contribution in [-0.4, -0.2) is 49.3 Å². The Bertz CT molecular complexity index is 745. The second kappa shape index (κ2) is 9.76. The molecule has 144 valence electrons. The highest BCUT2D eigenvalue weighted by molar-refractivity contribution is 8.00. The number of nitrogens with one attached hydrogen (secondary N) is 1. The first-order valence-corrected chi connectivity index (χ1v) is 10.4. The molecule has 2 aliphatic rings. The summed E-state index contributed by atoms with van der Waals surface area (Å²) in [7, 11) is 0. The number of amides is 1. The molecule has 0 spiro atoms. The Hall–Kier alpha value is -2.05. The van der Waals surface area contributed by atoms with Crippen molar-refractivity contribution < 1.29 is 9.18 Å². The molecule has 2 aromatic rings. The molecule has 2 aliphatic heterocycles. The van der Waals surface area contributed by atoms with Crippen LogP contribution in [0.1, 0.15) is 13.3 Å². The number of hydrogen-bond donors (Lipinski definition) is 1. The monoisotopic (exact) mass is 387 g/mol. The van der Waals surface area contributed by atoms with Crippen LogP contribution in [0, 0.1) is 5.82 Å². The molecule has 0 unspecified atom stereocenters. The molecule has 4 rings (SSSR count). The standard InChI is InChI=1S/C13H19FN2.C8H7NOS/c1-2-7-15-8-10-16(11-9-15)13-5-3-12(14)4-6-13;10-8-5-11-7-4-2-1-3-6(7)9-8/h3-6H,2,7-11H2,1H3;1-4H,5H2,(H,9,10). The number of fused-ring (bicyclic) bond motifs is 1. The molecule has 0 bridgehead atoms. The molecule has 0 atom stereocenters. The molecule has 1 amide bonds. The zero-order chi connectivity index (χ0) is 19.1. The Morgan fingerprint density at radius 3 is 2.44 bits per heavy atom.